The first-order valence-electron chi connectivity index (χ1n) is 13.8. The number of thioether (sulfide) groups is 1. The van der Waals surface area contributed by atoms with Gasteiger partial charge in [0.2, 0.25) is 0 Å². The minimum absolute atomic E-state index is 0.539. The van der Waals surface area contributed by atoms with E-state index in [2.05, 4.69) is 46.9 Å². The Balaban J connectivity index is 1.47. The van der Waals surface area contributed by atoms with Crippen molar-refractivity contribution < 1.29 is 0 Å². The average molecular weight is 444 g/mol. The molecule has 0 radical (unpaired) electrons. The fraction of sp³-hybridized carbons (Fsp3) is 0.966. The molecular formula is C29H49NS. The first-order valence-corrected chi connectivity index (χ1v) is 14.6. The van der Waals surface area contributed by atoms with Gasteiger partial charge >= 0.3 is 0 Å². The van der Waals surface area contributed by atoms with Gasteiger partial charge in [0.1, 0.15) is 5.40 Å². The predicted octanol–water partition coefficient (Wildman–Crippen LogP) is 8.94. The Bertz CT molecular complexity index is 666. The molecule has 0 saturated heterocycles. The summed E-state index contributed by atoms with van der Waals surface area (Å²) in [4.78, 5) is 0. The number of rotatable bonds is 6. The maximum Gasteiger partial charge on any atom is 0.133 e. The third kappa shape index (κ3) is 4.13. The van der Waals surface area contributed by atoms with Crippen molar-refractivity contribution in [1.29, 1.82) is 5.26 Å². The zero-order valence-electron chi connectivity index (χ0n) is 21.3. The minimum atomic E-state index is 0.539. The molecule has 10 atom stereocenters. The second kappa shape index (κ2) is 9.24. The molecule has 1 nitrogen and oxygen atoms in total. The summed E-state index contributed by atoms with van der Waals surface area (Å²) in [5, 5.41) is 12.3. The van der Waals surface area contributed by atoms with Gasteiger partial charge in [0, 0.05) is 5.25 Å². The van der Waals surface area contributed by atoms with Crippen LogP contribution in [0.4, 0.5) is 0 Å². The standard InChI is InChI=1S/C29H49NS/c1-19(2)8-7-9-20(3)23-12-13-25-22-10-11-24-21(4)27(31-18-30)15-17-29(24,6)26(22)14-16-28(23,25)5/h19-27H,7-17H2,1-6H3. The molecule has 0 N–H and O–H groups in total. The lowest BCUT2D eigenvalue weighted by Crippen LogP contribution is -2.56. The highest BCUT2D eigenvalue weighted by Crippen LogP contribution is 2.69. The van der Waals surface area contributed by atoms with Crippen molar-refractivity contribution in [3.8, 4) is 5.40 Å². The molecule has 4 aliphatic carbocycles. The maximum atomic E-state index is 9.28. The fourth-order valence-corrected chi connectivity index (χ4v) is 10.7. The monoisotopic (exact) mass is 443 g/mol. The third-order valence-electron chi connectivity index (χ3n) is 11.5. The van der Waals surface area contributed by atoms with Crippen LogP contribution in [0.25, 0.3) is 0 Å². The first kappa shape index (κ1) is 24.0. The summed E-state index contributed by atoms with van der Waals surface area (Å²) in [5.41, 5.74) is 1.15. The largest absolute Gasteiger partial charge is 0.185 e. The van der Waals surface area contributed by atoms with Crippen molar-refractivity contribution >= 4 is 11.8 Å². The number of thiocyanates is 1. The van der Waals surface area contributed by atoms with E-state index in [4.69, 9.17) is 0 Å². The van der Waals surface area contributed by atoms with Crippen LogP contribution < -0.4 is 0 Å². The molecular weight excluding hydrogens is 394 g/mol. The Morgan fingerprint density at radius 3 is 2.26 bits per heavy atom. The number of hydrogen-bond donors (Lipinski definition) is 0. The van der Waals surface area contributed by atoms with E-state index in [9.17, 15) is 5.26 Å². The van der Waals surface area contributed by atoms with Gasteiger partial charge in [0.05, 0.1) is 0 Å². The summed E-state index contributed by atoms with van der Waals surface area (Å²) >= 11 is 1.58. The number of fused-ring (bicyclic) bond motifs is 5. The van der Waals surface area contributed by atoms with Gasteiger partial charge in [-0.2, -0.15) is 5.26 Å². The van der Waals surface area contributed by atoms with Gasteiger partial charge < -0.3 is 0 Å². The van der Waals surface area contributed by atoms with Crippen molar-refractivity contribution in [3.05, 3.63) is 0 Å². The highest BCUT2D eigenvalue weighted by Gasteiger charge is 2.61. The molecule has 0 spiro atoms. The van der Waals surface area contributed by atoms with E-state index in [0.717, 1.165) is 47.3 Å². The second-order valence-electron chi connectivity index (χ2n) is 13.2. The number of nitriles is 1. The van der Waals surface area contributed by atoms with Crippen LogP contribution in [0.15, 0.2) is 0 Å². The van der Waals surface area contributed by atoms with Crippen LogP contribution in [0.3, 0.4) is 0 Å². The first-order chi connectivity index (χ1) is 14.7. The van der Waals surface area contributed by atoms with E-state index in [1.54, 1.807) is 11.8 Å². The Hall–Kier alpha value is -0.160. The fourth-order valence-electron chi connectivity index (χ4n) is 9.95. The molecule has 4 saturated carbocycles. The lowest BCUT2D eigenvalue weighted by Gasteiger charge is -2.62. The molecule has 4 aliphatic rings. The van der Waals surface area contributed by atoms with E-state index < -0.39 is 0 Å². The molecule has 0 heterocycles. The minimum Gasteiger partial charge on any atom is -0.185 e. The SMILES string of the molecule is CC(C)CCCC(C)C1CCC2C3CCC4C(C)C(SC#N)CCC4(C)C3CCC12C. The van der Waals surface area contributed by atoms with E-state index in [0.29, 0.717) is 16.1 Å². The van der Waals surface area contributed by atoms with Crippen molar-refractivity contribution in [2.45, 2.75) is 117 Å². The van der Waals surface area contributed by atoms with Crippen LogP contribution in [0.1, 0.15) is 112 Å². The highest BCUT2D eigenvalue weighted by atomic mass is 32.2. The Kier molecular flexibility index (Phi) is 7.14. The molecule has 4 rings (SSSR count). The zero-order valence-corrected chi connectivity index (χ0v) is 22.1. The van der Waals surface area contributed by atoms with E-state index in [1.165, 1.54) is 70.6 Å². The summed E-state index contributed by atoms with van der Waals surface area (Å²) in [7, 11) is 0. The van der Waals surface area contributed by atoms with E-state index >= 15 is 0 Å². The average Bonchev–Trinajstić information content (AvgIpc) is 3.07. The van der Waals surface area contributed by atoms with Gasteiger partial charge in [-0.25, -0.2) is 0 Å². The van der Waals surface area contributed by atoms with Crippen LogP contribution >= 0.6 is 11.8 Å². The summed E-state index contributed by atoms with van der Waals surface area (Å²) in [6.45, 7) is 15.2. The molecule has 0 aliphatic heterocycles. The molecule has 0 aromatic heterocycles. The lowest BCUT2D eigenvalue weighted by molar-refractivity contribution is -0.126. The molecule has 0 aromatic rings. The second-order valence-corrected chi connectivity index (χ2v) is 14.3. The molecule has 31 heavy (non-hydrogen) atoms. The molecule has 4 fully saturated rings. The summed E-state index contributed by atoms with van der Waals surface area (Å²) in [5.74, 6) is 7.24. The van der Waals surface area contributed by atoms with Crippen LogP contribution in [0.5, 0.6) is 0 Å². The molecule has 0 bridgehead atoms. The predicted molar refractivity (Wildman–Crippen MR) is 135 cm³/mol. The zero-order chi connectivity index (χ0) is 22.4. The van der Waals surface area contributed by atoms with Gasteiger partial charge in [0.15, 0.2) is 0 Å². The molecule has 0 aromatic carbocycles. The van der Waals surface area contributed by atoms with Crippen molar-refractivity contribution in [1.82, 2.24) is 0 Å². The van der Waals surface area contributed by atoms with E-state index in [-0.39, 0.29) is 0 Å². The Labute approximate surface area is 197 Å². The van der Waals surface area contributed by atoms with Gasteiger partial charge in [-0.1, -0.05) is 60.8 Å². The van der Waals surface area contributed by atoms with Crippen LogP contribution in [0, 0.1) is 68.8 Å². The smallest absolute Gasteiger partial charge is 0.133 e. The van der Waals surface area contributed by atoms with E-state index in [1.807, 2.05) is 0 Å². The van der Waals surface area contributed by atoms with Crippen molar-refractivity contribution in [2.75, 3.05) is 0 Å². The van der Waals surface area contributed by atoms with Gasteiger partial charge in [0.25, 0.3) is 0 Å². The van der Waals surface area contributed by atoms with Gasteiger partial charge in [-0.15, -0.1) is 0 Å². The third-order valence-corrected chi connectivity index (χ3v) is 12.6. The summed E-state index contributed by atoms with van der Waals surface area (Å²) < 4.78 is 0. The van der Waals surface area contributed by atoms with Gasteiger partial charge in [-0.05, 0) is 121 Å². The summed E-state index contributed by atoms with van der Waals surface area (Å²) in [6, 6.07) is 0. The Morgan fingerprint density at radius 2 is 1.55 bits per heavy atom. The molecule has 10 unspecified atom stereocenters. The van der Waals surface area contributed by atoms with Crippen molar-refractivity contribution in [3.63, 3.8) is 0 Å². The molecule has 2 heteroatoms. The number of hydrogen-bond acceptors (Lipinski definition) is 2. The van der Waals surface area contributed by atoms with Gasteiger partial charge in [-0.3, -0.25) is 0 Å². The molecule has 176 valence electrons. The maximum absolute atomic E-state index is 9.28. The lowest BCUT2D eigenvalue weighted by atomic mass is 9.43. The topological polar surface area (TPSA) is 23.8 Å². The summed E-state index contributed by atoms with van der Waals surface area (Å²) in [6.07, 6.45) is 15.9. The molecule has 0 amide bonds. The normalized spacial score (nSPS) is 47.9. The highest BCUT2D eigenvalue weighted by molar-refractivity contribution is 8.04. The van der Waals surface area contributed by atoms with Crippen molar-refractivity contribution in [2.24, 2.45) is 58.2 Å². The van der Waals surface area contributed by atoms with Crippen LogP contribution in [-0.4, -0.2) is 5.25 Å². The quantitative estimate of drug-likeness (QED) is 0.382. The number of nitrogens with zero attached hydrogens (tertiary/aromatic N) is 1. The Morgan fingerprint density at radius 1 is 0.871 bits per heavy atom. The van der Waals surface area contributed by atoms with Crippen LogP contribution in [-0.2, 0) is 0 Å². The van der Waals surface area contributed by atoms with Crippen LogP contribution in [0.2, 0.25) is 0 Å².